The van der Waals surface area contributed by atoms with Gasteiger partial charge in [0.05, 0.1) is 14.2 Å². The van der Waals surface area contributed by atoms with Crippen LogP contribution in [0.15, 0.2) is 42.5 Å². The van der Waals surface area contributed by atoms with E-state index in [0.29, 0.717) is 38.1 Å². The second-order valence-corrected chi connectivity index (χ2v) is 9.02. The Morgan fingerprint density at radius 2 is 1.72 bits per heavy atom. The maximum absolute atomic E-state index is 12.1. The van der Waals surface area contributed by atoms with Crippen molar-refractivity contribution in [2.75, 3.05) is 33.9 Å². The molecule has 1 N–H and O–H groups in total. The molecule has 8 heteroatoms. The molecule has 0 saturated carbocycles. The Bertz CT molecular complexity index is 1050. The standard InChI is InChI=1S/C28H36N2O6/c1-20-16-27(32)30(28(20)33)15-5-4-14-29-26(31)19-36-23-11-7-10-21(17-23)8-6-9-22-12-13-24(34-2)25(18-22)35-3/h7,10-13,17-18,20H,4-6,8-9,14-16,19H2,1-3H3,(H,29,31). The molecule has 1 heterocycles. The summed E-state index contributed by atoms with van der Waals surface area (Å²) in [7, 11) is 3.26. The monoisotopic (exact) mass is 496 g/mol. The lowest BCUT2D eigenvalue weighted by molar-refractivity contribution is -0.139. The fourth-order valence-corrected chi connectivity index (χ4v) is 4.23. The van der Waals surface area contributed by atoms with E-state index >= 15 is 0 Å². The number of carbonyl (C=O) groups excluding carboxylic acids is 3. The maximum atomic E-state index is 12.1. The average Bonchev–Trinajstić information content (AvgIpc) is 3.13. The number of rotatable bonds is 14. The molecule has 1 aliphatic heterocycles. The molecule has 0 bridgehead atoms. The summed E-state index contributed by atoms with van der Waals surface area (Å²) in [4.78, 5) is 37.2. The third-order valence-corrected chi connectivity index (χ3v) is 6.25. The molecule has 1 saturated heterocycles. The first kappa shape index (κ1) is 27.0. The minimum atomic E-state index is -0.217. The molecule has 1 aliphatic rings. The smallest absolute Gasteiger partial charge is 0.257 e. The topological polar surface area (TPSA) is 94.2 Å². The Kier molecular flexibility index (Phi) is 10.2. The molecule has 8 nitrogen and oxygen atoms in total. The minimum absolute atomic E-state index is 0.0598. The highest BCUT2D eigenvalue weighted by Crippen LogP contribution is 2.28. The molecule has 0 spiro atoms. The molecule has 0 aliphatic carbocycles. The highest BCUT2D eigenvalue weighted by molar-refractivity contribution is 6.03. The van der Waals surface area contributed by atoms with Gasteiger partial charge in [0.2, 0.25) is 11.8 Å². The number of hydrogen-bond donors (Lipinski definition) is 1. The van der Waals surface area contributed by atoms with Gasteiger partial charge in [0, 0.05) is 25.4 Å². The van der Waals surface area contributed by atoms with E-state index in [0.717, 1.165) is 36.3 Å². The van der Waals surface area contributed by atoms with Gasteiger partial charge in [-0.3, -0.25) is 19.3 Å². The number of aryl methyl sites for hydroxylation is 2. The molecule has 36 heavy (non-hydrogen) atoms. The Morgan fingerprint density at radius 1 is 0.972 bits per heavy atom. The van der Waals surface area contributed by atoms with Crippen LogP contribution < -0.4 is 19.5 Å². The molecule has 0 radical (unpaired) electrons. The summed E-state index contributed by atoms with van der Waals surface area (Å²) in [6, 6.07) is 13.8. The molecule has 194 valence electrons. The quantitative estimate of drug-likeness (QED) is 0.318. The Hall–Kier alpha value is -3.55. The molecule has 1 unspecified atom stereocenters. The van der Waals surface area contributed by atoms with Crippen molar-refractivity contribution in [3.8, 4) is 17.2 Å². The third kappa shape index (κ3) is 7.73. The van der Waals surface area contributed by atoms with Crippen molar-refractivity contribution < 1.29 is 28.6 Å². The second kappa shape index (κ2) is 13.5. The molecular weight excluding hydrogens is 460 g/mol. The van der Waals surface area contributed by atoms with Gasteiger partial charge < -0.3 is 19.5 Å². The van der Waals surface area contributed by atoms with E-state index < -0.39 is 0 Å². The summed E-state index contributed by atoms with van der Waals surface area (Å²) in [6.45, 7) is 2.60. The Labute approximate surface area is 212 Å². The lowest BCUT2D eigenvalue weighted by Gasteiger charge is -2.14. The van der Waals surface area contributed by atoms with E-state index in [9.17, 15) is 14.4 Å². The zero-order chi connectivity index (χ0) is 25.9. The van der Waals surface area contributed by atoms with Crippen LogP contribution in [0.4, 0.5) is 0 Å². The molecule has 0 aromatic heterocycles. The van der Waals surface area contributed by atoms with Gasteiger partial charge in [0.25, 0.3) is 5.91 Å². The minimum Gasteiger partial charge on any atom is -0.493 e. The molecule has 1 atom stereocenters. The number of likely N-dealkylation sites (tertiary alicyclic amines) is 1. The lowest BCUT2D eigenvalue weighted by atomic mass is 10.0. The number of ether oxygens (including phenoxy) is 3. The van der Waals surface area contributed by atoms with Crippen LogP contribution in [-0.2, 0) is 27.2 Å². The first-order valence-electron chi connectivity index (χ1n) is 12.4. The molecule has 3 rings (SSSR count). The molecule has 3 amide bonds. The van der Waals surface area contributed by atoms with E-state index in [1.165, 1.54) is 10.5 Å². The van der Waals surface area contributed by atoms with Crippen molar-refractivity contribution in [3.63, 3.8) is 0 Å². The fourth-order valence-electron chi connectivity index (χ4n) is 4.23. The van der Waals surface area contributed by atoms with Crippen molar-refractivity contribution in [1.82, 2.24) is 10.2 Å². The molecule has 2 aromatic carbocycles. The zero-order valence-corrected chi connectivity index (χ0v) is 21.4. The van der Waals surface area contributed by atoms with Crippen molar-refractivity contribution >= 4 is 17.7 Å². The SMILES string of the molecule is COc1ccc(CCCc2cccc(OCC(=O)NCCCCN3C(=O)CC(C)C3=O)c2)cc1OC. The van der Waals surface area contributed by atoms with Gasteiger partial charge in [-0.15, -0.1) is 0 Å². The normalized spacial score (nSPS) is 15.2. The fraction of sp³-hybridized carbons (Fsp3) is 0.464. The van der Waals surface area contributed by atoms with Gasteiger partial charge in [-0.1, -0.05) is 25.1 Å². The summed E-state index contributed by atoms with van der Waals surface area (Å²) in [5, 5.41) is 2.82. The number of imide groups is 1. The molecule has 2 aromatic rings. The first-order valence-corrected chi connectivity index (χ1v) is 12.4. The highest BCUT2D eigenvalue weighted by atomic mass is 16.5. The molecule has 1 fully saturated rings. The average molecular weight is 497 g/mol. The number of nitrogens with zero attached hydrogens (tertiary/aromatic N) is 1. The van der Waals surface area contributed by atoms with Crippen molar-refractivity contribution in [2.24, 2.45) is 5.92 Å². The molecular formula is C28H36N2O6. The largest absolute Gasteiger partial charge is 0.493 e. The summed E-state index contributed by atoms with van der Waals surface area (Å²) in [6.07, 6.45) is 4.41. The predicted octanol–water partition coefficient (Wildman–Crippen LogP) is 3.55. The van der Waals surface area contributed by atoms with Gasteiger partial charge >= 0.3 is 0 Å². The predicted molar refractivity (Wildman–Crippen MR) is 136 cm³/mol. The van der Waals surface area contributed by atoms with Crippen LogP contribution in [0.5, 0.6) is 17.2 Å². The van der Waals surface area contributed by atoms with Crippen molar-refractivity contribution in [2.45, 2.75) is 45.4 Å². The number of amides is 3. The Balaban J connectivity index is 1.33. The highest BCUT2D eigenvalue weighted by Gasteiger charge is 2.34. The number of unbranched alkanes of at least 4 members (excludes halogenated alkanes) is 1. The first-order chi connectivity index (χ1) is 17.4. The van der Waals surface area contributed by atoms with Crippen LogP contribution in [0.3, 0.4) is 0 Å². The number of methoxy groups -OCH3 is 2. The van der Waals surface area contributed by atoms with E-state index in [2.05, 4.69) is 11.4 Å². The van der Waals surface area contributed by atoms with Gasteiger partial charge in [0.1, 0.15) is 5.75 Å². The van der Waals surface area contributed by atoms with Crippen molar-refractivity contribution in [3.05, 3.63) is 53.6 Å². The van der Waals surface area contributed by atoms with E-state index in [-0.39, 0.29) is 30.2 Å². The second-order valence-electron chi connectivity index (χ2n) is 9.02. The van der Waals surface area contributed by atoms with Gasteiger partial charge in [0.15, 0.2) is 18.1 Å². The van der Waals surface area contributed by atoms with E-state index in [1.54, 1.807) is 21.1 Å². The van der Waals surface area contributed by atoms with Crippen LogP contribution in [0.1, 0.15) is 43.7 Å². The third-order valence-electron chi connectivity index (χ3n) is 6.25. The van der Waals surface area contributed by atoms with Gasteiger partial charge in [-0.05, 0) is 67.5 Å². The van der Waals surface area contributed by atoms with Gasteiger partial charge in [-0.2, -0.15) is 0 Å². The van der Waals surface area contributed by atoms with Crippen LogP contribution >= 0.6 is 0 Å². The number of hydrogen-bond acceptors (Lipinski definition) is 6. The maximum Gasteiger partial charge on any atom is 0.257 e. The van der Waals surface area contributed by atoms with Crippen molar-refractivity contribution in [1.29, 1.82) is 0 Å². The van der Waals surface area contributed by atoms with Crippen LogP contribution in [0.2, 0.25) is 0 Å². The summed E-state index contributed by atoms with van der Waals surface area (Å²) < 4.78 is 16.3. The lowest BCUT2D eigenvalue weighted by Crippen LogP contribution is -2.33. The summed E-state index contributed by atoms with van der Waals surface area (Å²) in [5.41, 5.74) is 2.33. The van der Waals surface area contributed by atoms with E-state index in [4.69, 9.17) is 14.2 Å². The Morgan fingerprint density at radius 3 is 2.42 bits per heavy atom. The van der Waals surface area contributed by atoms with E-state index in [1.807, 2.05) is 36.4 Å². The summed E-state index contributed by atoms with van der Waals surface area (Å²) >= 11 is 0. The van der Waals surface area contributed by atoms with Crippen LogP contribution in [0.25, 0.3) is 0 Å². The number of nitrogens with one attached hydrogen (secondary N) is 1. The van der Waals surface area contributed by atoms with Gasteiger partial charge in [-0.25, -0.2) is 0 Å². The zero-order valence-electron chi connectivity index (χ0n) is 21.4. The summed E-state index contributed by atoms with van der Waals surface area (Å²) in [5.74, 6) is 1.50. The number of carbonyl (C=O) groups is 3. The number of benzene rings is 2. The van der Waals surface area contributed by atoms with Crippen LogP contribution in [0, 0.1) is 5.92 Å². The van der Waals surface area contributed by atoms with Crippen LogP contribution in [-0.4, -0.2) is 56.5 Å².